The van der Waals surface area contributed by atoms with E-state index in [1.54, 1.807) is 36.4 Å². The van der Waals surface area contributed by atoms with Gasteiger partial charge in [-0.05, 0) is 30.3 Å². The summed E-state index contributed by atoms with van der Waals surface area (Å²) in [7, 11) is -3.73. The Balaban J connectivity index is 2.16. The number of benzene rings is 2. The summed E-state index contributed by atoms with van der Waals surface area (Å²) < 4.78 is 34.2. The van der Waals surface area contributed by atoms with Crippen LogP contribution in [0.15, 0.2) is 62.3 Å². The van der Waals surface area contributed by atoms with Crippen LogP contribution in [0, 0.1) is 0 Å². The summed E-state index contributed by atoms with van der Waals surface area (Å²) in [4.78, 5) is 0.0709. The van der Waals surface area contributed by atoms with Gasteiger partial charge in [0.1, 0.15) is 10.6 Å². The van der Waals surface area contributed by atoms with Crippen molar-refractivity contribution in [1.82, 2.24) is 0 Å². The van der Waals surface area contributed by atoms with E-state index in [2.05, 4.69) is 20.3 Å². The van der Waals surface area contributed by atoms with Gasteiger partial charge in [0.25, 0.3) is 10.0 Å². The number of sulfonamides is 1. The van der Waals surface area contributed by atoms with Crippen LogP contribution in [0.25, 0.3) is 0 Å². The van der Waals surface area contributed by atoms with Crippen LogP contribution in [-0.4, -0.2) is 14.3 Å². The zero-order valence-electron chi connectivity index (χ0n) is 9.58. The van der Waals surface area contributed by atoms with Gasteiger partial charge in [-0.3, -0.25) is 0 Å². The second-order valence-electron chi connectivity index (χ2n) is 3.93. The van der Waals surface area contributed by atoms with E-state index in [0.29, 0.717) is 10.0 Å². The molecule has 96 valence electrons. The fourth-order valence-electron chi connectivity index (χ4n) is 1.74. The minimum Gasteiger partial charge on any atom is -0.436 e. The van der Waals surface area contributed by atoms with Crippen molar-refractivity contribution >= 4 is 31.9 Å². The molecule has 2 aromatic rings. The van der Waals surface area contributed by atoms with Gasteiger partial charge in [-0.25, -0.2) is 0 Å². The summed E-state index contributed by atoms with van der Waals surface area (Å²) >= 11 is 3.23. The first kappa shape index (κ1) is 12.4. The number of halogens is 1. The van der Waals surface area contributed by atoms with Gasteiger partial charge < -0.3 is 4.74 Å². The standard InChI is InChI=1S/C13H8BrNO3S/c14-10-6-7-11-12(8-10)19(16,17)15-13(18-11)9-4-2-1-3-5-9/h1-8H. The van der Waals surface area contributed by atoms with Crippen LogP contribution in [0.2, 0.25) is 0 Å². The van der Waals surface area contributed by atoms with Crippen molar-refractivity contribution in [1.29, 1.82) is 0 Å². The predicted molar refractivity (Wildman–Crippen MR) is 74.9 cm³/mol. The summed E-state index contributed by atoms with van der Waals surface area (Å²) in [6, 6.07) is 13.7. The highest BCUT2D eigenvalue weighted by atomic mass is 79.9. The molecule has 4 nitrogen and oxygen atoms in total. The summed E-state index contributed by atoms with van der Waals surface area (Å²) in [6.45, 7) is 0. The summed E-state index contributed by atoms with van der Waals surface area (Å²) in [5.41, 5.74) is 0.625. The van der Waals surface area contributed by atoms with Crippen molar-refractivity contribution in [3.05, 3.63) is 58.6 Å². The first-order chi connectivity index (χ1) is 9.06. The molecular weight excluding hydrogens is 330 g/mol. The molecule has 0 bridgehead atoms. The van der Waals surface area contributed by atoms with Crippen molar-refractivity contribution in [3.63, 3.8) is 0 Å². The number of fused-ring (bicyclic) bond motifs is 1. The Morgan fingerprint density at radius 1 is 1.05 bits per heavy atom. The highest BCUT2D eigenvalue weighted by Crippen LogP contribution is 2.33. The first-order valence-electron chi connectivity index (χ1n) is 5.44. The van der Waals surface area contributed by atoms with E-state index in [-0.39, 0.29) is 16.5 Å². The van der Waals surface area contributed by atoms with E-state index in [1.165, 1.54) is 6.07 Å². The average Bonchev–Trinajstić information content (AvgIpc) is 2.40. The third-order valence-corrected chi connectivity index (χ3v) is 4.39. The van der Waals surface area contributed by atoms with Crippen LogP contribution < -0.4 is 4.74 Å². The molecule has 0 aliphatic carbocycles. The molecule has 0 atom stereocenters. The molecule has 0 amide bonds. The highest BCUT2D eigenvalue weighted by Gasteiger charge is 2.27. The maximum atomic E-state index is 12.1. The molecule has 0 unspecified atom stereocenters. The number of rotatable bonds is 1. The van der Waals surface area contributed by atoms with Gasteiger partial charge in [0.2, 0.25) is 5.90 Å². The van der Waals surface area contributed by atoms with Crippen molar-refractivity contribution in [2.24, 2.45) is 4.40 Å². The molecule has 0 N–H and O–H groups in total. The second kappa shape index (κ2) is 4.47. The number of hydrogen-bond donors (Lipinski definition) is 0. The highest BCUT2D eigenvalue weighted by molar-refractivity contribution is 9.10. The van der Waals surface area contributed by atoms with Gasteiger partial charge in [0.05, 0.1) is 0 Å². The van der Waals surface area contributed by atoms with Crippen LogP contribution in [0.3, 0.4) is 0 Å². The molecule has 0 aromatic heterocycles. The average molecular weight is 338 g/mol. The summed E-state index contributed by atoms with van der Waals surface area (Å²) in [6.07, 6.45) is 0. The van der Waals surface area contributed by atoms with E-state index in [0.717, 1.165) is 0 Å². The lowest BCUT2D eigenvalue weighted by atomic mass is 10.2. The van der Waals surface area contributed by atoms with Crippen molar-refractivity contribution < 1.29 is 13.2 Å². The molecule has 1 aliphatic rings. The molecule has 0 saturated heterocycles. The van der Waals surface area contributed by atoms with Gasteiger partial charge in [0.15, 0.2) is 0 Å². The quantitative estimate of drug-likeness (QED) is 0.803. The Hall–Kier alpha value is -1.66. The van der Waals surface area contributed by atoms with Gasteiger partial charge in [0, 0.05) is 10.0 Å². The molecule has 19 heavy (non-hydrogen) atoms. The number of nitrogens with zero attached hydrogens (tertiary/aromatic N) is 1. The lowest BCUT2D eigenvalue weighted by Gasteiger charge is -2.17. The summed E-state index contributed by atoms with van der Waals surface area (Å²) in [5.74, 6) is 0.382. The molecular formula is C13H8BrNO3S. The fourth-order valence-corrected chi connectivity index (χ4v) is 3.35. The zero-order chi connectivity index (χ0) is 13.5. The van der Waals surface area contributed by atoms with Crippen LogP contribution >= 0.6 is 15.9 Å². The van der Waals surface area contributed by atoms with Crippen molar-refractivity contribution in [3.8, 4) is 5.75 Å². The molecule has 1 heterocycles. The Labute approximate surface area is 118 Å². The van der Waals surface area contributed by atoms with Gasteiger partial charge in [-0.1, -0.05) is 34.1 Å². The maximum Gasteiger partial charge on any atom is 0.289 e. The van der Waals surface area contributed by atoms with Crippen LogP contribution in [0.5, 0.6) is 5.75 Å². The fraction of sp³-hybridized carbons (Fsp3) is 0. The monoisotopic (exact) mass is 337 g/mol. The zero-order valence-corrected chi connectivity index (χ0v) is 12.0. The Morgan fingerprint density at radius 3 is 2.53 bits per heavy atom. The second-order valence-corrected chi connectivity index (χ2v) is 6.42. The van der Waals surface area contributed by atoms with E-state index < -0.39 is 10.0 Å². The van der Waals surface area contributed by atoms with Gasteiger partial charge >= 0.3 is 0 Å². The smallest absolute Gasteiger partial charge is 0.289 e. The lowest BCUT2D eigenvalue weighted by molar-refractivity contribution is 0.518. The van der Waals surface area contributed by atoms with Crippen LogP contribution in [0.4, 0.5) is 0 Å². The van der Waals surface area contributed by atoms with Crippen LogP contribution in [0.1, 0.15) is 5.56 Å². The first-order valence-corrected chi connectivity index (χ1v) is 7.67. The Morgan fingerprint density at radius 2 is 1.79 bits per heavy atom. The Kier molecular flexibility index (Phi) is 2.91. The molecule has 0 spiro atoms. The van der Waals surface area contributed by atoms with Gasteiger partial charge in [-0.2, -0.15) is 8.42 Å². The number of hydrogen-bond acceptors (Lipinski definition) is 3. The van der Waals surface area contributed by atoms with Crippen molar-refractivity contribution in [2.45, 2.75) is 4.90 Å². The van der Waals surface area contributed by atoms with Gasteiger partial charge in [-0.15, -0.1) is 4.40 Å². The number of ether oxygens (including phenoxy) is 1. The lowest BCUT2D eigenvalue weighted by Crippen LogP contribution is -2.19. The molecule has 6 heteroatoms. The minimum absolute atomic E-state index is 0.0709. The molecule has 0 radical (unpaired) electrons. The predicted octanol–water partition coefficient (Wildman–Crippen LogP) is 2.98. The third kappa shape index (κ3) is 2.29. The molecule has 0 fully saturated rings. The third-order valence-electron chi connectivity index (χ3n) is 2.61. The van der Waals surface area contributed by atoms with Crippen LogP contribution in [-0.2, 0) is 10.0 Å². The molecule has 3 rings (SSSR count). The molecule has 2 aromatic carbocycles. The normalized spacial score (nSPS) is 16.2. The molecule has 0 saturated carbocycles. The van der Waals surface area contributed by atoms with E-state index in [1.807, 2.05) is 6.07 Å². The maximum absolute atomic E-state index is 12.1. The van der Waals surface area contributed by atoms with E-state index >= 15 is 0 Å². The topological polar surface area (TPSA) is 55.7 Å². The summed E-state index contributed by atoms with van der Waals surface area (Å²) in [5, 5.41) is 0. The van der Waals surface area contributed by atoms with E-state index in [9.17, 15) is 8.42 Å². The van der Waals surface area contributed by atoms with Crippen molar-refractivity contribution in [2.75, 3.05) is 0 Å². The largest absolute Gasteiger partial charge is 0.436 e. The molecule has 1 aliphatic heterocycles. The Bertz CT molecular complexity index is 770. The van der Waals surface area contributed by atoms with E-state index in [4.69, 9.17) is 4.74 Å². The minimum atomic E-state index is -3.73. The SMILES string of the molecule is O=S1(=O)N=C(c2ccccc2)Oc2ccc(Br)cc21.